The van der Waals surface area contributed by atoms with Crippen LogP contribution < -0.4 is 10.6 Å². The number of halogens is 1. The zero-order chi connectivity index (χ0) is 17.2. The van der Waals surface area contributed by atoms with Crippen molar-refractivity contribution in [2.45, 2.75) is 32.2 Å². The van der Waals surface area contributed by atoms with Gasteiger partial charge in [-0.1, -0.05) is 12.1 Å². The van der Waals surface area contributed by atoms with Crippen molar-refractivity contribution < 1.29 is 4.39 Å². The molecule has 1 saturated carbocycles. The lowest BCUT2D eigenvalue weighted by molar-refractivity contribution is 0.611. The van der Waals surface area contributed by atoms with E-state index in [9.17, 15) is 4.39 Å². The Morgan fingerprint density at radius 2 is 1.96 bits per heavy atom. The number of anilines is 3. The molecule has 2 heterocycles. The molecule has 0 bridgehead atoms. The number of hydrogen-bond acceptors (Lipinski definition) is 5. The maximum atomic E-state index is 13.9. The van der Waals surface area contributed by atoms with Gasteiger partial charge in [0.1, 0.15) is 23.8 Å². The van der Waals surface area contributed by atoms with Crippen LogP contribution >= 0.6 is 0 Å². The van der Waals surface area contributed by atoms with Crippen molar-refractivity contribution in [3.63, 3.8) is 0 Å². The first-order valence-corrected chi connectivity index (χ1v) is 8.30. The molecule has 1 fully saturated rings. The number of aromatic amines is 1. The molecule has 0 unspecified atom stereocenters. The van der Waals surface area contributed by atoms with Gasteiger partial charge in [0.15, 0.2) is 5.82 Å². The quantitative estimate of drug-likeness (QED) is 0.636. The summed E-state index contributed by atoms with van der Waals surface area (Å²) in [5, 5.41) is 13.6. The summed E-state index contributed by atoms with van der Waals surface area (Å²) in [5.74, 6) is 2.39. The standard InChI is InChI=1S/C18H19FN6/c1-11-2-3-13(14(19)6-11)9-20-16-8-17(22-10-21-16)23-18-7-15(24-25-18)12-4-5-12/h2-3,6-8,10,12H,4-5,9H2,1H3,(H3,20,21,22,23,24,25). The second-order valence-electron chi connectivity index (χ2n) is 6.34. The van der Waals surface area contributed by atoms with Crippen LogP contribution in [0.1, 0.15) is 35.6 Å². The van der Waals surface area contributed by atoms with E-state index in [-0.39, 0.29) is 5.82 Å². The molecule has 7 heteroatoms. The Bertz CT molecular complexity index is 887. The van der Waals surface area contributed by atoms with Gasteiger partial charge in [0.25, 0.3) is 0 Å². The first kappa shape index (κ1) is 15.6. The highest BCUT2D eigenvalue weighted by molar-refractivity contribution is 5.56. The topological polar surface area (TPSA) is 78.5 Å². The van der Waals surface area contributed by atoms with E-state index < -0.39 is 0 Å². The smallest absolute Gasteiger partial charge is 0.153 e. The maximum absolute atomic E-state index is 13.9. The predicted octanol–water partition coefficient (Wildman–Crippen LogP) is 3.88. The molecule has 1 aromatic carbocycles. The van der Waals surface area contributed by atoms with Gasteiger partial charge in [-0.25, -0.2) is 14.4 Å². The minimum Gasteiger partial charge on any atom is -0.366 e. The number of aryl methyl sites for hydroxylation is 1. The Labute approximate surface area is 144 Å². The largest absolute Gasteiger partial charge is 0.366 e. The zero-order valence-corrected chi connectivity index (χ0v) is 13.9. The molecule has 0 radical (unpaired) electrons. The lowest BCUT2D eigenvalue weighted by Gasteiger charge is -2.08. The van der Waals surface area contributed by atoms with E-state index >= 15 is 0 Å². The first-order chi connectivity index (χ1) is 12.2. The summed E-state index contributed by atoms with van der Waals surface area (Å²) in [6.45, 7) is 2.23. The third-order valence-corrected chi connectivity index (χ3v) is 4.21. The Kier molecular flexibility index (Phi) is 4.05. The van der Waals surface area contributed by atoms with Gasteiger partial charge >= 0.3 is 0 Å². The summed E-state index contributed by atoms with van der Waals surface area (Å²) in [6, 6.07) is 8.98. The molecule has 4 rings (SSSR count). The monoisotopic (exact) mass is 338 g/mol. The van der Waals surface area contributed by atoms with Gasteiger partial charge in [-0.15, -0.1) is 0 Å². The van der Waals surface area contributed by atoms with Crippen LogP contribution in [-0.2, 0) is 6.54 Å². The maximum Gasteiger partial charge on any atom is 0.153 e. The van der Waals surface area contributed by atoms with E-state index in [0.29, 0.717) is 29.7 Å². The van der Waals surface area contributed by atoms with Crippen molar-refractivity contribution in [3.8, 4) is 0 Å². The molecule has 0 spiro atoms. The van der Waals surface area contributed by atoms with E-state index in [4.69, 9.17) is 0 Å². The van der Waals surface area contributed by atoms with Gasteiger partial charge in [-0.05, 0) is 31.4 Å². The second-order valence-corrected chi connectivity index (χ2v) is 6.34. The molecule has 3 aromatic rings. The minimum atomic E-state index is -0.218. The zero-order valence-electron chi connectivity index (χ0n) is 13.9. The van der Waals surface area contributed by atoms with Crippen LogP contribution in [0.15, 0.2) is 36.7 Å². The highest BCUT2D eigenvalue weighted by Crippen LogP contribution is 2.39. The van der Waals surface area contributed by atoms with Gasteiger partial charge in [-0.2, -0.15) is 5.10 Å². The summed E-state index contributed by atoms with van der Waals surface area (Å²) in [4.78, 5) is 8.37. The number of hydrogen-bond donors (Lipinski definition) is 3. The number of nitrogens with zero attached hydrogens (tertiary/aromatic N) is 3. The lowest BCUT2D eigenvalue weighted by Crippen LogP contribution is -2.05. The average molecular weight is 338 g/mol. The highest BCUT2D eigenvalue weighted by atomic mass is 19.1. The Morgan fingerprint density at radius 3 is 2.76 bits per heavy atom. The Morgan fingerprint density at radius 1 is 1.12 bits per heavy atom. The summed E-state index contributed by atoms with van der Waals surface area (Å²) in [5.41, 5.74) is 2.66. The average Bonchev–Trinajstić information content (AvgIpc) is 3.35. The minimum absolute atomic E-state index is 0.218. The molecule has 1 aliphatic rings. The van der Waals surface area contributed by atoms with E-state index in [0.717, 1.165) is 17.1 Å². The van der Waals surface area contributed by atoms with Crippen molar-refractivity contribution in [3.05, 3.63) is 59.3 Å². The van der Waals surface area contributed by atoms with Crippen molar-refractivity contribution in [1.29, 1.82) is 0 Å². The second kappa shape index (κ2) is 6.51. The highest BCUT2D eigenvalue weighted by Gasteiger charge is 2.25. The van der Waals surface area contributed by atoms with Crippen LogP contribution in [0.5, 0.6) is 0 Å². The predicted molar refractivity (Wildman–Crippen MR) is 94.3 cm³/mol. The number of benzene rings is 1. The molecule has 2 aromatic heterocycles. The van der Waals surface area contributed by atoms with Gasteiger partial charge in [0.2, 0.25) is 0 Å². The molecule has 6 nitrogen and oxygen atoms in total. The molecule has 0 atom stereocenters. The third-order valence-electron chi connectivity index (χ3n) is 4.21. The molecule has 0 amide bonds. The van der Waals surface area contributed by atoms with Gasteiger partial charge in [0.05, 0.1) is 0 Å². The normalized spacial score (nSPS) is 13.7. The number of rotatable bonds is 6. The Balaban J connectivity index is 1.41. The van der Waals surface area contributed by atoms with E-state index in [1.54, 1.807) is 12.1 Å². The molecule has 0 aliphatic heterocycles. The van der Waals surface area contributed by atoms with Crippen molar-refractivity contribution in [2.24, 2.45) is 0 Å². The van der Waals surface area contributed by atoms with E-state index in [2.05, 4.69) is 30.8 Å². The van der Waals surface area contributed by atoms with Crippen molar-refractivity contribution in [1.82, 2.24) is 20.2 Å². The number of H-pyrrole nitrogens is 1. The third kappa shape index (κ3) is 3.76. The summed E-state index contributed by atoms with van der Waals surface area (Å²) in [7, 11) is 0. The molecular weight excluding hydrogens is 319 g/mol. The molecule has 1 aliphatic carbocycles. The van der Waals surface area contributed by atoms with Crippen molar-refractivity contribution in [2.75, 3.05) is 10.6 Å². The molecule has 128 valence electrons. The van der Waals surface area contributed by atoms with Gasteiger partial charge in [0, 0.05) is 35.9 Å². The SMILES string of the molecule is Cc1ccc(CNc2cc(Nc3cc(C4CC4)[nH]n3)ncn2)c(F)c1. The van der Waals surface area contributed by atoms with Crippen LogP contribution in [0.4, 0.5) is 21.8 Å². The van der Waals surface area contributed by atoms with Gasteiger partial charge in [-0.3, -0.25) is 5.10 Å². The summed E-state index contributed by atoms with van der Waals surface area (Å²) in [6.07, 6.45) is 3.90. The fourth-order valence-corrected chi connectivity index (χ4v) is 2.64. The molecular formula is C18H19FN6. The van der Waals surface area contributed by atoms with Crippen LogP contribution in [0.3, 0.4) is 0 Å². The van der Waals surface area contributed by atoms with Crippen molar-refractivity contribution >= 4 is 17.5 Å². The van der Waals surface area contributed by atoms with E-state index in [1.807, 2.05) is 19.1 Å². The fourth-order valence-electron chi connectivity index (χ4n) is 2.64. The summed E-state index contributed by atoms with van der Waals surface area (Å²) < 4.78 is 13.9. The van der Waals surface area contributed by atoms with Crippen LogP contribution in [0.25, 0.3) is 0 Å². The van der Waals surface area contributed by atoms with Crippen LogP contribution in [-0.4, -0.2) is 20.2 Å². The number of aromatic nitrogens is 4. The Hall–Kier alpha value is -2.96. The van der Waals surface area contributed by atoms with Crippen LogP contribution in [0.2, 0.25) is 0 Å². The first-order valence-electron chi connectivity index (χ1n) is 8.30. The molecule has 3 N–H and O–H groups in total. The van der Waals surface area contributed by atoms with E-state index in [1.165, 1.54) is 25.2 Å². The lowest BCUT2D eigenvalue weighted by atomic mass is 10.1. The summed E-state index contributed by atoms with van der Waals surface area (Å²) >= 11 is 0. The fraction of sp³-hybridized carbons (Fsp3) is 0.278. The van der Waals surface area contributed by atoms with Gasteiger partial charge < -0.3 is 10.6 Å². The number of nitrogens with one attached hydrogen (secondary N) is 3. The van der Waals surface area contributed by atoms with Crippen LogP contribution in [0, 0.1) is 12.7 Å². The molecule has 25 heavy (non-hydrogen) atoms. The molecule has 0 saturated heterocycles.